The molecule has 122 valence electrons. The highest BCUT2D eigenvalue weighted by atomic mass is 16.2. The number of pyridine rings is 1. The fourth-order valence-corrected chi connectivity index (χ4v) is 3.53. The van der Waals surface area contributed by atoms with Crippen LogP contribution in [-0.2, 0) is 4.79 Å². The van der Waals surface area contributed by atoms with Crippen molar-refractivity contribution in [3.8, 4) is 6.07 Å². The molecule has 2 aliphatic rings. The molecule has 0 unspecified atom stereocenters. The zero-order chi connectivity index (χ0) is 16.2. The molecular formula is C18H24N4O. The fraction of sp³-hybridized carbons (Fsp3) is 0.611. The van der Waals surface area contributed by atoms with Crippen molar-refractivity contribution in [1.29, 1.82) is 5.26 Å². The number of aromatic nitrogens is 1. The molecule has 1 saturated carbocycles. The minimum Gasteiger partial charge on any atom is -0.369 e. The van der Waals surface area contributed by atoms with Gasteiger partial charge in [0.15, 0.2) is 0 Å². The largest absolute Gasteiger partial charge is 0.369 e. The molecule has 0 atom stereocenters. The molecule has 23 heavy (non-hydrogen) atoms. The van der Waals surface area contributed by atoms with E-state index < -0.39 is 0 Å². The summed E-state index contributed by atoms with van der Waals surface area (Å²) < 4.78 is 0. The Morgan fingerprint density at radius 2 is 2.13 bits per heavy atom. The maximum absolute atomic E-state index is 12.2. The van der Waals surface area contributed by atoms with Crippen molar-refractivity contribution in [2.24, 2.45) is 11.8 Å². The maximum atomic E-state index is 12.2. The molecule has 0 spiro atoms. The van der Waals surface area contributed by atoms with Gasteiger partial charge in [-0.15, -0.1) is 0 Å². The Hall–Kier alpha value is -2.09. The molecule has 1 aliphatic carbocycles. The minimum absolute atomic E-state index is 0.286. The number of carbonyl (C=O) groups is 1. The Morgan fingerprint density at radius 1 is 1.39 bits per heavy atom. The molecule has 1 saturated heterocycles. The number of nitriles is 1. The van der Waals surface area contributed by atoms with E-state index in [1.165, 1.54) is 6.42 Å². The van der Waals surface area contributed by atoms with Crippen LogP contribution in [0.2, 0.25) is 0 Å². The minimum atomic E-state index is 0.286. The van der Waals surface area contributed by atoms with Gasteiger partial charge < -0.3 is 9.80 Å². The van der Waals surface area contributed by atoms with E-state index in [9.17, 15) is 10.1 Å². The molecule has 0 radical (unpaired) electrons. The predicted octanol–water partition coefficient (Wildman–Crippen LogP) is 2.43. The SMILES string of the molecule is CN(CC1CCN(c2cnccc2C#N)CC1)C(=O)C1CCC1. The van der Waals surface area contributed by atoms with E-state index in [0.29, 0.717) is 17.4 Å². The number of hydrogen-bond donors (Lipinski definition) is 0. The van der Waals surface area contributed by atoms with E-state index >= 15 is 0 Å². The lowest BCUT2D eigenvalue weighted by Gasteiger charge is -2.36. The van der Waals surface area contributed by atoms with Crippen LogP contribution in [0.4, 0.5) is 5.69 Å². The smallest absolute Gasteiger partial charge is 0.225 e. The Kier molecular flexibility index (Phi) is 4.80. The number of rotatable bonds is 4. The van der Waals surface area contributed by atoms with E-state index in [1.54, 1.807) is 18.5 Å². The summed E-state index contributed by atoms with van der Waals surface area (Å²) in [6.45, 7) is 2.72. The molecular weight excluding hydrogens is 288 g/mol. The average molecular weight is 312 g/mol. The maximum Gasteiger partial charge on any atom is 0.225 e. The van der Waals surface area contributed by atoms with Crippen LogP contribution in [0.3, 0.4) is 0 Å². The van der Waals surface area contributed by atoms with Crippen molar-refractivity contribution in [1.82, 2.24) is 9.88 Å². The lowest BCUT2D eigenvalue weighted by molar-refractivity contribution is -0.137. The molecule has 5 heteroatoms. The first-order chi connectivity index (χ1) is 11.2. The van der Waals surface area contributed by atoms with Gasteiger partial charge in [-0.05, 0) is 37.7 Å². The van der Waals surface area contributed by atoms with Gasteiger partial charge in [-0.25, -0.2) is 0 Å². The summed E-state index contributed by atoms with van der Waals surface area (Å²) >= 11 is 0. The highest BCUT2D eigenvalue weighted by Crippen LogP contribution is 2.29. The second kappa shape index (κ2) is 6.99. The highest BCUT2D eigenvalue weighted by molar-refractivity contribution is 5.79. The molecule has 1 amide bonds. The molecule has 1 aromatic heterocycles. The van der Waals surface area contributed by atoms with Crippen LogP contribution >= 0.6 is 0 Å². The summed E-state index contributed by atoms with van der Waals surface area (Å²) in [5, 5.41) is 9.21. The molecule has 3 rings (SSSR count). The zero-order valence-corrected chi connectivity index (χ0v) is 13.7. The predicted molar refractivity (Wildman–Crippen MR) is 88.9 cm³/mol. The van der Waals surface area contributed by atoms with Crippen LogP contribution in [0.1, 0.15) is 37.7 Å². The number of hydrogen-bond acceptors (Lipinski definition) is 4. The Bertz CT molecular complexity index is 597. The van der Waals surface area contributed by atoms with Gasteiger partial charge in [0, 0.05) is 38.8 Å². The molecule has 2 fully saturated rings. The molecule has 1 aliphatic heterocycles. The zero-order valence-electron chi connectivity index (χ0n) is 13.7. The van der Waals surface area contributed by atoms with Crippen LogP contribution in [-0.4, -0.2) is 42.5 Å². The fourth-order valence-electron chi connectivity index (χ4n) is 3.53. The highest BCUT2D eigenvalue weighted by Gasteiger charge is 2.29. The first-order valence-corrected chi connectivity index (χ1v) is 8.53. The van der Waals surface area contributed by atoms with Gasteiger partial charge in [0.2, 0.25) is 5.91 Å². The van der Waals surface area contributed by atoms with E-state index in [-0.39, 0.29) is 5.92 Å². The quantitative estimate of drug-likeness (QED) is 0.856. The van der Waals surface area contributed by atoms with Crippen molar-refractivity contribution in [2.75, 3.05) is 31.6 Å². The Labute approximate surface area is 137 Å². The number of anilines is 1. The summed E-state index contributed by atoms with van der Waals surface area (Å²) in [7, 11) is 1.95. The lowest BCUT2D eigenvalue weighted by atomic mass is 9.84. The molecule has 1 aromatic rings. The van der Waals surface area contributed by atoms with Crippen LogP contribution in [0.25, 0.3) is 0 Å². The number of piperidine rings is 1. The van der Waals surface area contributed by atoms with Crippen molar-refractivity contribution in [3.63, 3.8) is 0 Å². The normalized spacial score (nSPS) is 19.0. The first kappa shape index (κ1) is 15.8. The van der Waals surface area contributed by atoms with Gasteiger partial charge in [0.25, 0.3) is 0 Å². The average Bonchev–Trinajstić information content (AvgIpc) is 2.54. The third kappa shape index (κ3) is 3.47. The van der Waals surface area contributed by atoms with Crippen LogP contribution in [0.15, 0.2) is 18.5 Å². The third-order valence-corrected chi connectivity index (χ3v) is 5.24. The third-order valence-electron chi connectivity index (χ3n) is 5.24. The summed E-state index contributed by atoms with van der Waals surface area (Å²) in [5.41, 5.74) is 1.63. The van der Waals surface area contributed by atoms with E-state index in [4.69, 9.17) is 0 Å². The van der Waals surface area contributed by atoms with Crippen molar-refractivity contribution in [3.05, 3.63) is 24.0 Å². The standard InChI is InChI=1S/C18H24N4O/c1-21(18(23)15-3-2-4-15)13-14-6-9-22(10-7-14)17-12-20-8-5-16(17)11-19/h5,8,12,14-15H,2-4,6-7,9-10,13H2,1H3. The molecule has 0 aromatic carbocycles. The Morgan fingerprint density at radius 3 is 2.74 bits per heavy atom. The van der Waals surface area contributed by atoms with Crippen molar-refractivity contribution >= 4 is 11.6 Å². The number of nitrogens with zero attached hydrogens (tertiary/aromatic N) is 4. The Balaban J connectivity index is 1.52. The van der Waals surface area contributed by atoms with Gasteiger partial charge >= 0.3 is 0 Å². The van der Waals surface area contributed by atoms with Gasteiger partial charge in [-0.1, -0.05) is 6.42 Å². The summed E-state index contributed by atoms with van der Waals surface area (Å²) in [5.74, 6) is 1.17. The van der Waals surface area contributed by atoms with Crippen molar-refractivity contribution in [2.45, 2.75) is 32.1 Å². The van der Waals surface area contributed by atoms with E-state index in [0.717, 1.165) is 51.0 Å². The second-order valence-electron chi connectivity index (χ2n) is 6.78. The number of carbonyl (C=O) groups excluding carboxylic acids is 1. The van der Waals surface area contributed by atoms with Gasteiger partial charge in [-0.3, -0.25) is 9.78 Å². The summed E-state index contributed by atoms with van der Waals surface area (Å²) in [6, 6.07) is 4.01. The topological polar surface area (TPSA) is 60.2 Å². The lowest BCUT2D eigenvalue weighted by Crippen LogP contribution is -2.42. The molecule has 2 heterocycles. The first-order valence-electron chi connectivity index (χ1n) is 8.53. The van der Waals surface area contributed by atoms with E-state index in [1.807, 2.05) is 11.9 Å². The number of amides is 1. The summed E-state index contributed by atoms with van der Waals surface area (Å²) in [4.78, 5) is 20.6. The van der Waals surface area contributed by atoms with Crippen molar-refractivity contribution < 1.29 is 4.79 Å². The molecule has 5 nitrogen and oxygen atoms in total. The monoisotopic (exact) mass is 312 g/mol. The van der Waals surface area contributed by atoms with Crippen LogP contribution in [0.5, 0.6) is 0 Å². The van der Waals surface area contributed by atoms with Gasteiger partial charge in [0.1, 0.15) is 6.07 Å². The molecule has 0 bridgehead atoms. The van der Waals surface area contributed by atoms with Gasteiger partial charge in [-0.2, -0.15) is 5.26 Å². The van der Waals surface area contributed by atoms with Gasteiger partial charge in [0.05, 0.1) is 17.4 Å². The van der Waals surface area contributed by atoms with Crippen LogP contribution in [0, 0.1) is 23.2 Å². The summed E-state index contributed by atoms with van der Waals surface area (Å²) in [6.07, 6.45) is 8.90. The second-order valence-corrected chi connectivity index (χ2v) is 6.78. The molecule has 0 N–H and O–H groups in total. The van der Waals surface area contributed by atoms with Crippen LogP contribution < -0.4 is 4.90 Å². The van der Waals surface area contributed by atoms with E-state index in [2.05, 4.69) is 16.0 Å².